The Kier molecular flexibility index (Phi) is 4.53. The molecule has 1 aliphatic rings. The van der Waals surface area contributed by atoms with Gasteiger partial charge in [0, 0.05) is 11.9 Å². The van der Waals surface area contributed by atoms with Gasteiger partial charge in [-0.3, -0.25) is 4.79 Å². The minimum Gasteiger partial charge on any atom is -0.476 e. The van der Waals surface area contributed by atoms with Crippen molar-refractivity contribution in [2.75, 3.05) is 11.6 Å². The summed E-state index contributed by atoms with van der Waals surface area (Å²) >= 11 is 0. The van der Waals surface area contributed by atoms with E-state index in [0.29, 0.717) is 37.1 Å². The van der Waals surface area contributed by atoms with Gasteiger partial charge in [-0.15, -0.1) is 5.10 Å². The van der Waals surface area contributed by atoms with Gasteiger partial charge in [0.1, 0.15) is 0 Å². The van der Waals surface area contributed by atoms with Crippen LogP contribution in [0.4, 0.5) is 5.69 Å². The maximum absolute atomic E-state index is 12.7. The second-order valence-electron chi connectivity index (χ2n) is 6.33. The molecule has 2 aromatic rings. The van der Waals surface area contributed by atoms with Gasteiger partial charge in [0.05, 0.1) is 11.9 Å². The van der Waals surface area contributed by atoms with Gasteiger partial charge < -0.3 is 10.4 Å². The summed E-state index contributed by atoms with van der Waals surface area (Å²) in [6.45, 7) is 0. The van der Waals surface area contributed by atoms with E-state index in [-0.39, 0.29) is 5.69 Å². The first kappa shape index (κ1) is 18.1. The molecule has 1 amide bonds. The van der Waals surface area contributed by atoms with Crippen LogP contribution in [0.3, 0.4) is 0 Å². The fourth-order valence-corrected chi connectivity index (χ4v) is 4.59. The third-order valence-corrected chi connectivity index (χ3v) is 6.63. The lowest BCUT2D eigenvalue weighted by molar-refractivity contribution is -0.118. The molecular formula is C16H18N4O5S. The van der Waals surface area contributed by atoms with Crippen LogP contribution >= 0.6 is 0 Å². The van der Waals surface area contributed by atoms with Gasteiger partial charge in [-0.25, -0.2) is 17.9 Å². The Morgan fingerprint density at radius 1 is 1.27 bits per heavy atom. The molecule has 0 unspecified atom stereocenters. The zero-order chi connectivity index (χ0) is 18.9. The highest BCUT2D eigenvalue weighted by Crippen LogP contribution is 2.37. The van der Waals surface area contributed by atoms with Gasteiger partial charge >= 0.3 is 5.97 Å². The van der Waals surface area contributed by atoms with E-state index in [9.17, 15) is 18.0 Å². The Hall–Kier alpha value is -2.75. The number of rotatable bonds is 5. The zero-order valence-corrected chi connectivity index (χ0v) is 14.9. The summed E-state index contributed by atoms with van der Waals surface area (Å²) in [5.74, 6) is -1.74. The molecule has 2 N–H and O–H groups in total. The highest BCUT2D eigenvalue weighted by atomic mass is 32.2. The maximum atomic E-state index is 12.7. The molecule has 1 aromatic carbocycles. The first-order chi connectivity index (χ1) is 12.2. The third kappa shape index (κ3) is 3.19. The van der Waals surface area contributed by atoms with Gasteiger partial charge in [0.15, 0.2) is 20.3 Å². The number of nitrogens with one attached hydrogen (secondary N) is 1. The summed E-state index contributed by atoms with van der Waals surface area (Å²) in [5.41, 5.74) is 0.679. The molecule has 138 valence electrons. The Bertz CT molecular complexity index is 961. The molecule has 0 bridgehead atoms. The van der Waals surface area contributed by atoms with Gasteiger partial charge in [-0.05, 0) is 31.0 Å². The fourth-order valence-electron chi connectivity index (χ4n) is 3.17. The standard InChI is InChI=1S/C16H18N4O5S/c1-26(24,25)16(7-2-3-8-16)15(23)17-11-5-4-6-12(9-11)20-10-13(14(21)22)18-19-20/h4-6,9-10H,2-3,7-8H2,1H3,(H,17,23)(H,21,22). The van der Waals surface area contributed by atoms with Crippen LogP contribution in [-0.2, 0) is 14.6 Å². The number of sulfone groups is 1. The molecule has 1 aliphatic carbocycles. The van der Waals surface area contributed by atoms with E-state index >= 15 is 0 Å². The Morgan fingerprint density at radius 2 is 1.96 bits per heavy atom. The molecule has 1 heterocycles. The van der Waals surface area contributed by atoms with E-state index < -0.39 is 26.5 Å². The summed E-state index contributed by atoms with van der Waals surface area (Å²) in [6.07, 6.45) is 4.34. The van der Waals surface area contributed by atoms with Crippen LogP contribution in [-0.4, -0.2) is 51.4 Å². The van der Waals surface area contributed by atoms with Crippen LogP contribution < -0.4 is 5.32 Å². The smallest absolute Gasteiger partial charge is 0.358 e. The number of carbonyl (C=O) groups excluding carboxylic acids is 1. The second-order valence-corrected chi connectivity index (χ2v) is 8.66. The average Bonchev–Trinajstić information content (AvgIpc) is 3.25. The lowest BCUT2D eigenvalue weighted by Crippen LogP contribution is -2.47. The van der Waals surface area contributed by atoms with Crippen molar-refractivity contribution in [3.05, 3.63) is 36.2 Å². The quantitative estimate of drug-likeness (QED) is 0.800. The lowest BCUT2D eigenvalue weighted by atomic mass is 10.1. The highest BCUT2D eigenvalue weighted by Gasteiger charge is 2.49. The molecular weight excluding hydrogens is 360 g/mol. The molecule has 3 rings (SSSR count). The highest BCUT2D eigenvalue weighted by molar-refractivity contribution is 7.92. The van der Waals surface area contributed by atoms with Gasteiger partial charge in [-0.2, -0.15) is 0 Å². The van der Waals surface area contributed by atoms with E-state index in [0.717, 1.165) is 6.26 Å². The molecule has 1 aromatic heterocycles. The van der Waals surface area contributed by atoms with E-state index in [4.69, 9.17) is 5.11 Å². The minimum atomic E-state index is -3.56. The maximum Gasteiger partial charge on any atom is 0.358 e. The summed E-state index contributed by atoms with van der Waals surface area (Å²) in [5, 5.41) is 18.9. The van der Waals surface area contributed by atoms with Crippen LogP contribution in [0.1, 0.15) is 36.2 Å². The zero-order valence-electron chi connectivity index (χ0n) is 14.0. The first-order valence-electron chi connectivity index (χ1n) is 8.00. The largest absolute Gasteiger partial charge is 0.476 e. The van der Waals surface area contributed by atoms with Crippen LogP contribution in [0.15, 0.2) is 30.5 Å². The number of nitrogens with zero attached hydrogens (tertiary/aromatic N) is 3. The van der Waals surface area contributed by atoms with Gasteiger partial charge in [-0.1, -0.05) is 24.1 Å². The Labute approximate surface area is 149 Å². The lowest BCUT2D eigenvalue weighted by Gasteiger charge is -2.25. The van der Waals surface area contributed by atoms with Crippen molar-refractivity contribution >= 4 is 27.4 Å². The number of amides is 1. The van der Waals surface area contributed by atoms with Crippen LogP contribution in [0, 0.1) is 0 Å². The molecule has 26 heavy (non-hydrogen) atoms. The van der Waals surface area contributed by atoms with Crippen molar-refractivity contribution in [2.45, 2.75) is 30.4 Å². The molecule has 9 nitrogen and oxygen atoms in total. The number of aromatic carboxylic acids is 1. The third-order valence-electron chi connectivity index (χ3n) is 4.62. The molecule has 1 saturated carbocycles. The second kappa shape index (κ2) is 6.52. The predicted octanol–water partition coefficient (Wildman–Crippen LogP) is 1.26. The fraction of sp³-hybridized carbons (Fsp3) is 0.375. The van der Waals surface area contributed by atoms with E-state index in [1.54, 1.807) is 24.3 Å². The predicted molar refractivity (Wildman–Crippen MR) is 93.0 cm³/mol. The number of aromatic nitrogens is 3. The number of carbonyl (C=O) groups is 2. The number of hydrogen-bond donors (Lipinski definition) is 2. The summed E-state index contributed by atoms with van der Waals surface area (Å²) in [7, 11) is -3.56. The number of carboxylic acid groups (broad SMARTS) is 1. The monoisotopic (exact) mass is 378 g/mol. The SMILES string of the molecule is CS(=O)(=O)C1(C(=O)Nc2cccc(-n3cc(C(=O)O)nn3)c2)CCCC1. The summed E-state index contributed by atoms with van der Waals surface area (Å²) in [6, 6.07) is 6.51. The van der Waals surface area contributed by atoms with Gasteiger partial charge in [0.2, 0.25) is 5.91 Å². The van der Waals surface area contributed by atoms with E-state index in [1.165, 1.54) is 10.9 Å². The number of anilines is 1. The van der Waals surface area contributed by atoms with Crippen molar-refractivity contribution in [1.29, 1.82) is 0 Å². The van der Waals surface area contributed by atoms with Gasteiger partial charge in [0.25, 0.3) is 0 Å². The van der Waals surface area contributed by atoms with Crippen molar-refractivity contribution in [2.24, 2.45) is 0 Å². The Morgan fingerprint density at radius 3 is 2.54 bits per heavy atom. The van der Waals surface area contributed by atoms with Crippen LogP contribution in [0.5, 0.6) is 0 Å². The van der Waals surface area contributed by atoms with Crippen molar-refractivity contribution in [3.8, 4) is 5.69 Å². The Balaban J connectivity index is 1.86. The molecule has 0 atom stereocenters. The molecule has 0 radical (unpaired) electrons. The minimum absolute atomic E-state index is 0.207. The molecule has 0 spiro atoms. The normalized spacial score (nSPS) is 16.3. The topological polar surface area (TPSA) is 131 Å². The summed E-state index contributed by atoms with van der Waals surface area (Å²) < 4.78 is 24.3. The molecule has 10 heteroatoms. The average molecular weight is 378 g/mol. The number of benzene rings is 1. The first-order valence-corrected chi connectivity index (χ1v) is 9.89. The van der Waals surface area contributed by atoms with Crippen molar-refractivity contribution in [1.82, 2.24) is 15.0 Å². The molecule has 0 aliphatic heterocycles. The number of hydrogen-bond acceptors (Lipinski definition) is 6. The van der Waals surface area contributed by atoms with Crippen LogP contribution in [0.2, 0.25) is 0 Å². The number of carboxylic acids is 1. The van der Waals surface area contributed by atoms with Crippen molar-refractivity contribution < 1.29 is 23.1 Å². The molecule has 0 saturated heterocycles. The van der Waals surface area contributed by atoms with Crippen molar-refractivity contribution in [3.63, 3.8) is 0 Å². The van der Waals surface area contributed by atoms with E-state index in [1.807, 2.05) is 0 Å². The molecule has 1 fully saturated rings. The van der Waals surface area contributed by atoms with Crippen LogP contribution in [0.25, 0.3) is 5.69 Å². The summed E-state index contributed by atoms with van der Waals surface area (Å²) in [4.78, 5) is 23.6. The van der Waals surface area contributed by atoms with E-state index in [2.05, 4.69) is 15.6 Å².